The lowest BCUT2D eigenvalue weighted by molar-refractivity contribution is 0.240. The average molecular weight is 260 g/mol. The summed E-state index contributed by atoms with van der Waals surface area (Å²) in [5, 5.41) is 10.7. The molecule has 88 valence electrons. The maximum absolute atomic E-state index is 9.36. The molecule has 1 aromatic rings. The lowest BCUT2D eigenvalue weighted by Crippen LogP contribution is -2.42. The van der Waals surface area contributed by atoms with Crippen LogP contribution in [-0.2, 0) is 0 Å². The standard InChI is InChI=1S/C12H15Cl2NO/c13-9-4-5-12(11(14)7-9)15-6-2-1-3-10(15)8-16/h4-5,7,10,16H,1-3,6,8H2. The molecule has 1 unspecified atom stereocenters. The fourth-order valence-electron chi connectivity index (χ4n) is 2.22. The second-order valence-electron chi connectivity index (χ2n) is 4.12. The fraction of sp³-hybridized carbons (Fsp3) is 0.500. The molecule has 0 aromatic heterocycles. The number of aliphatic hydroxyl groups is 1. The van der Waals surface area contributed by atoms with E-state index in [0.717, 1.165) is 25.1 Å². The largest absolute Gasteiger partial charge is 0.394 e. The minimum atomic E-state index is 0.180. The van der Waals surface area contributed by atoms with Crippen LogP contribution in [-0.4, -0.2) is 24.3 Å². The molecule has 0 bridgehead atoms. The smallest absolute Gasteiger partial charge is 0.0654 e. The molecule has 1 fully saturated rings. The Bertz CT molecular complexity index is 370. The SMILES string of the molecule is OCC1CCCCN1c1ccc(Cl)cc1Cl. The number of aliphatic hydroxyl groups excluding tert-OH is 1. The molecule has 16 heavy (non-hydrogen) atoms. The van der Waals surface area contributed by atoms with Gasteiger partial charge in [-0.1, -0.05) is 23.2 Å². The zero-order valence-electron chi connectivity index (χ0n) is 9.00. The van der Waals surface area contributed by atoms with Crippen molar-refractivity contribution in [1.82, 2.24) is 0 Å². The molecule has 2 rings (SSSR count). The van der Waals surface area contributed by atoms with Crippen molar-refractivity contribution in [2.24, 2.45) is 0 Å². The highest BCUT2D eigenvalue weighted by molar-refractivity contribution is 6.36. The Kier molecular flexibility index (Phi) is 3.95. The first kappa shape index (κ1) is 12.0. The third kappa shape index (κ3) is 2.45. The molecular weight excluding hydrogens is 245 g/mol. The normalized spacial score (nSPS) is 21.2. The highest BCUT2D eigenvalue weighted by Gasteiger charge is 2.23. The van der Waals surface area contributed by atoms with Crippen LogP contribution in [0.2, 0.25) is 10.0 Å². The van der Waals surface area contributed by atoms with Gasteiger partial charge in [0.15, 0.2) is 0 Å². The highest BCUT2D eigenvalue weighted by Crippen LogP contribution is 2.32. The van der Waals surface area contributed by atoms with Crippen molar-refractivity contribution < 1.29 is 5.11 Å². The van der Waals surface area contributed by atoms with Crippen LogP contribution in [0.1, 0.15) is 19.3 Å². The van der Waals surface area contributed by atoms with Gasteiger partial charge in [-0.15, -0.1) is 0 Å². The summed E-state index contributed by atoms with van der Waals surface area (Å²) < 4.78 is 0. The first-order valence-electron chi connectivity index (χ1n) is 5.55. The van der Waals surface area contributed by atoms with Gasteiger partial charge in [0.05, 0.1) is 23.4 Å². The predicted octanol–water partition coefficient (Wildman–Crippen LogP) is 3.34. The van der Waals surface area contributed by atoms with E-state index in [1.807, 2.05) is 12.1 Å². The van der Waals surface area contributed by atoms with Crippen LogP contribution in [0.25, 0.3) is 0 Å². The Labute approximate surface area is 106 Å². The van der Waals surface area contributed by atoms with Crippen LogP contribution in [0.4, 0.5) is 5.69 Å². The van der Waals surface area contributed by atoms with Crippen molar-refractivity contribution in [1.29, 1.82) is 0 Å². The first-order chi connectivity index (χ1) is 7.72. The Morgan fingerprint density at radius 2 is 2.12 bits per heavy atom. The molecule has 1 atom stereocenters. The van der Waals surface area contributed by atoms with E-state index in [1.54, 1.807) is 6.07 Å². The number of nitrogens with zero attached hydrogens (tertiary/aromatic N) is 1. The Hall–Kier alpha value is -0.440. The second kappa shape index (κ2) is 5.26. The molecule has 1 aromatic carbocycles. The summed E-state index contributed by atoms with van der Waals surface area (Å²) in [4.78, 5) is 2.18. The van der Waals surface area contributed by atoms with Gasteiger partial charge in [-0.05, 0) is 37.5 Å². The number of benzene rings is 1. The van der Waals surface area contributed by atoms with Crippen molar-refractivity contribution in [3.05, 3.63) is 28.2 Å². The summed E-state index contributed by atoms with van der Waals surface area (Å²) in [5.74, 6) is 0. The number of halogens is 2. The van der Waals surface area contributed by atoms with Gasteiger partial charge < -0.3 is 10.0 Å². The minimum Gasteiger partial charge on any atom is -0.394 e. The van der Waals surface area contributed by atoms with E-state index in [1.165, 1.54) is 6.42 Å². The third-order valence-corrected chi connectivity index (χ3v) is 3.59. The zero-order valence-corrected chi connectivity index (χ0v) is 10.5. The van der Waals surface area contributed by atoms with E-state index in [-0.39, 0.29) is 12.6 Å². The topological polar surface area (TPSA) is 23.5 Å². The summed E-state index contributed by atoms with van der Waals surface area (Å²) in [6.07, 6.45) is 3.35. The molecule has 0 radical (unpaired) electrons. The van der Waals surface area contributed by atoms with Crippen LogP contribution in [0.3, 0.4) is 0 Å². The number of piperidine rings is 1. The van der Waals surface area contributed by atoms with E-state index in [9.17, 15) is 5.11 Å². The fourth-order valence-corrected chi connectivity index (χ4v) is 2.74. The molecule has 1 aliphatic rings. The molecule has 1 aliphatic heterocycles. The van der Waals surface area contributed by atoms with E-state index in [4.69, 9.17) is 23.2 Å². The van der Waals surface area contributed by atoms with Crippen molar-refractivity contribution in [3.8, 4) is 0 Å². The Balaban J connectivity index is 2.27. The number of anilines is 1. The molecular formula is C12H15Cl2NO. The van der Waals surface area contributed by atoms with Gasteiger partial charge in [0.2, 0.25) is 0 Å². The quantitative estimate of drug-likeness (QED) is 0.881. The molecule has 0 spiro atoms. The lowest BCUT2D eigenvalue weighted by atomic mass is 10.0. The van der Waals surface area contributed by atoms with E-state index >= 15 is 0 Å². The predicted molar refractivity (Wildman–Crippen MR) is 68.5 cm³/mol. The molecule has 1 saturated heterocycles. The second-order valence-corrected chi connectivity index (χ2v) is 4.96. The number of hydrogen-bond donors (Lipinski definition) is 1. The first-order valence-corrected chi connectivity index (χ1v) is 6.30. The molecule has 0 amide bonds. The van der Waals surface area contributed by atoms with Crippen molar-refractivity contribution in [2.75, 3.05) is 18.1 Å². The minimum absolute atomic E-state index is 0.180. The van der Waals surface area contributed by atoms with Crippen LogP contribution < -0.4 is 4.90 Å². The van der Waals surface area contributed by atoms with Crippen molar-refractivity contribution >= 4 is 28.9 Å². The van der Waals surface area contributed by atoms with Gasteiger partial charge in [0, 0.05) is 11.6 Å². The number of rotatable bonds is 2. The summed E-state index contributed by atoms with van der Waals surface area (Å²) in [5.41, 5.74) is 0.977. The monoisotopic (exact) mass is 259 g/mol. The van der Waals surface area contributed by atoms with Crippen LogP contribution in [0, 0.1) is 0 Å². The lowest BCUT2D eigenvalue weighted by Gasteiger charge is -2.37. The van der Waals surface area contributed by atoms with Gasteiger partial charge in [-0.2, -0.15) is 0 Å². The molecule has 1 heterocycles. The maximum atomic E-state index is 9.36. The molecule has 0 saturated carbocycles. The van der Waals surface area contributed by atoms with Gasteiger partial charge >= 0.3 is 0 Å². The van der Waals surface area contributed by atoms with Crippen LogP contribution in [0.5, 0.6) is 0 Å². The third-order valence-electron chi connectivity index (χ3n) is 3.06. The van der Waals surface area contributed by atoms with Gasteiger partial charge in [0.25, 0.3) is 0 Å². The van der Waals surface area contributed by atoms with Gasteiger partial charge in [0.1, 0.15) is 0 Å². The average Bonchev–Trinajstić information content (AvgIpc) is 2.29. The van der Waals surface area contributed by atoms with Crippen molar-refractivity contribution in [2.45, 2.75) is 25.3 Å². The van der Waals surface area contributed by atoms with E-state index in [0.29, 0.717) is 10.0 Å². The summed E-state index contributed by atoms with van der Waals surface area (Å²) in [6.45, 7) is 1.13. The van der Waals surface area contributed by atoms with E-state index in [2.05, 4.69) is 4.90 Å². The van der Waals surface area contributed by atoms with Crippen LogP contribution >= 0.6 is 23.2 Å². The maximum Gasteiger partial charge on any atom is 0.0654 e. The Morgan fingerprint density at radius 3 is 2.81 bits per heavy atom. The summed E-state index contributed by atoms with van der Waals surface area (Å²) >= 11 is 12.1. The van der Waals surface area contributed by atoms with Gasteiger partial charge in [-0.3, -0.25) is 0 Å². The molecule has 2 nitrogen and oxygen atoms in total. The molecule has 0 aliphatic carbocycles. The highest BCUT2D eigenvalue weighted by atomic mass is 35.5. The van der Waals surface area contributed by atoms with E-state index < -0.39 is 0 Å². The zero-order chi connectivity index (χ0) is 11.5. The van der Waals surface area contributed by atoms with Crippen molar-refractivity contribution in [3.63, 3.8) is 0 Å². The number of hydrogen-bond acceptors (Lipinski definition) is 2. The Morgan fingerprint density at radius 1 is 1.31 bits per heavy atom. The molecule has 4 heteroatoms. The summed E-state index contributed by atoms with van der Waals surface area (Å²) in [6, 6.07) is 5.71. The van der Waals surface area contributed by atoms with Crippen LogP contribution in [0.15, 0.2) is 18.2 Å². The van der Waals surface area contributed by atoms with Gasteiger partial charge in [-0.25, -0.2) is 0 Å². The summed E-state index contributed by atoms with van der Waals surface area (Å²) in [7, 11) is 0. The molecule has 1 N–H and O–H groups in total.